The fourth-order valence-corrected chi connectivity index (χ4v) is 2.64. The largest absolute Gasteiger partial charge is 0.411 e. The number of methoxy groups -OCH3 is 1. The van der Waals surface area contributed by atoms with Crippen molar-refractivity contribution in [2.75, 3.05) is 20.3 Å². The molecular formula is C22H29F3IN3O2. The van der Waals surface area contributed by atoms with E-state index in [1.165, 1.54) is 0 Å². The Kier molecular flexibility index (Phi) is 12.5. The number of nitrogens with zero attached hydrogens (tertiary/aromatic N) is 1. The maximum absolute atomic E-state index is 12.1. The molecule has 2 aromatic rings. The summed E-state index contributed by atoms with van der Waals surface area (Å²) in [5, 5.41) is 6.49. The van der Waals surface area contributed by atoms with Gasteiger partial charge in [0.05, 0.1) is 19.8 Å². The van der Waals surface area contributed by atoms with Gasteiger partial charge < -0.3 is 20.1 Å². The molecule has 0 aliphatic rings. The molecule has 2 aromatic carbocycles. The molecule has 0 saturated carbocycles. The Hall–Kier alpha value is -1.85. The number of hydrogen-bond acceptors (Lipinski definition) is 3. The number of guanidine groups is 1. The average Bonchev–Trinajstić information content (AvgIpc) is 2.71. The van der Waals surface area contributed by atoms with Crippen LogP contribution in [0.2, 0.25) is 0 Å². The summed E-state index contributed by atoms with van der Waals surface area (Å²) < 4.78 is 46.2. The molecule has 31 heavy (non-hydrogen) atoms. The predicted octanol–water partition coefficient (Wildman–Crippen LogP) is 4.79. The fraction of sp³-hybridized carbons (Fsp3) is 0.409. The molecule has 2 rings (SSSR count). The Bertz CT molecular complexity index is 782. The maximum atomic E-state index is 12.1. The molecule has 0 heterocycles. The first-order valence-electron chi connectivity index (χ1n) is 9.71. The van der Waals surface area contributed by atoms with E-state index < -0.39 is 12.8 Å². The summed E-state index contributed by atoms with van der Waals surface area (Å²) in [7, 11) is 1.67. The first kappa shape index (κ1) is 27.2. The Morgan fingerprint density at radius 1 is 0.871 bits per heavy atom. The van der Waals surface area contributed by atoms with Crippen LogP contribution in [-0.4, -0.2) is 32.4 Å². The first-order valence-corrected chi connectivity index (χ1v) is 9.71. The van der Waals surface area contributed by atoms with Crippen LogP contribution in [0, 0.1) is 0 Å². The van der Waals surface area contributed by atoms with Gasteiger partial charge in [-0.25, -0.2) is 4.99 Å². The third kappa shape index (κ3) is 11.4. The van der Waals surface area contributed by atoms with Crippen LogP contribution in [-0.2, 0) is 35.8 Å². The maximum Gasteiger partial charge on any atom is 0.411 e. The molecule has 0 aliphatic heterocycles. The van der Waals surface area contributed by atoms with Crippen molar-refractivity contribution in [3.63, 3.8) is 0 Å². The summed E-state index contributed by atoms with van der Waals surface area (Å²) >= 11 is 0. The Labute approximate surface area is 198 Å². The molecule has 0 spiro atoms. The smallest absolute Gasteiger partial charge is 0.380 e. The van der Waals surface area contributed by atoms with Gasteiger partial charge in [0.25, 0.3) is 0 Å². The van der Waals surface area contributed by atoms with Crippen molar-refractivity contribution in [2.45, 2.75) is 39.4 Å². The normalized spacial score (nSPS) is 11.7. The van der Waals surface area contributed by atoms with E-state index in [1.807, 2.05) is 43.3 Å². The van der Waals surface area contributed by atoms with Gasteiger partial charge in [0, 0.05) is 20.2 Å². The van der Waals surface area contributed by atoms with Crippen molar-refractivity contribution in [3.05, 3.63) is 70.8 Å². The number of ether oxygens (including phenoxy) is 2. The molecule has 0 bridgehead atoms. The van der Waals surface area contributed by atoms with Crippen molar-refractivity contribution in [1.82, 2.24) is 10.6 Å². The number of nitrogens with one attached hydrogen (secondary N) is 2. The summed E-state index contributed by atoms with van der Waals surface area (Å²) in [6, 6.07) is 15.3. The molecule has 172 valence electrons. The highest BCUT2D eigenvalue weighted by Crippen LogP contribution is 2.16. The molecule has 0 amide bonds. The van der Waals surface area contributed by atoms with Gasteiger partial charge in [-0.05, 0) is 29.2 Å². The van der Waals surface area contributed by atoms with E-state index in [1.54, 1.807) is 19.2 Å². The van der Waals surface area contributed by atoms with Crippen LogP contribution in [0.1, 0.15) is 29.2 Å². The summed E-state index contributed by atoms with van der Waals surface area (Å²) in [5.74, 6) is 0.691. The minimum atomic E-state index is -4.31. The lowest BCUT2D eigenvalue weighted by molar-refractivity contribution is -0.176. The summed E-state index contributed by atoms with van der Waals surface area (Å²) in [6.45, 7) is 3.08. The van der Waals surface area contributed by atoms with Crippen LogP contribution in [0.5, 0.6) is 0 Å². The van der Waals surface area contributed by atoms with E-state index in [-0.39, 0.29) is 30.6 Å². The highest BCUT2D eigenvalue weighted by molar-refractivity contribution is 14.0. The third-order valence-electron chi connectivity index (χ3n) is 4.12. The minimum absolute atomic E-state index is 0. The number of aliphatic imine (C=N–C) groups is 1. The SMILES string of the molecule is CCNC(=NCc1ccc(COCC(F)(F)F)cc1)NCc1ccc(COC)cc1.I. The van der Waals surface area contributed by atoms with Gasteiger partial charge in [-0.1, -0.05) is 48.5 Å². The van der Waals surface area contributed by atoms with Crippen LogP contribution in [0.4, 0.5) is 13.2 Å². The number of benzene rings is 2. The molecule has 5 nitrogen and oxygen atoms in total. The number of halogens is 4. The molecular weight excluding hydrogens is 522 g/mol. The molecule has 0 fully saturated rings. The van der Waals surface area contributed by atoms with E-state index in [0.29, 0.717) is 31.2 Å². The van der Waals surface area contributed by atoms with Crippen molar-refractivity contribution in [1.29, 1.82) is 0 Å². The number of rotatable bonds is 10. The Morgan fingerprint density at radius 3 is 1.97 bits per heavy atom. The van der Waals surface area contributed by atoms with Gasteiger partial charge >= 0.3 is 6.18 Å². The lowest BCUT2D eigenvalue weighted by Crippen LogP contribution is -2.36. The predicted molar refractivity (Wildman–Crippen MR) is 126 cm³/mol. The molecule has 0 aliphatic carbocycles. The summed E-state index contributed by atoms with van der Waals surface area (Å²) in [5.41, 5.74) is 3.89. The highest BCUT2D eigenvalue weighted by atomic mass is 127. The Balaban J connectivity index is 0.00000480. The minimum Gasteiger partial charge on any atom is -0.380 e. The second kappa shape index (κ2) is 14.3. The highest BCUT2D eigenvalue weighted by Gasteiger charge is 2.27. The van der Waals surface area contributed by atoms with Crippen LogP contribution < -0.4 is 10.6 Å². The lowest BCUT2D eigenvalue weighted by atomic mass is 10.1. The quantitative estimate of drug-likeness (QED) is 0.254. The number of hydrogen-bond donors (Lipinski definition) is 2. The van der Waals surface area contributed by atoms with E-state index >= 15 is 0 Å². The van der Waals surface area contributed by atoms with Gasteiger partial charge in [-0.2, -0.15) is 13.2 Å². The topological polar surface area (TPSA) is 54.9 Å². The van der Waals surface area contributed by atoms with Crippen molar-refractivity contribution in [2.24, 2.45) is 4.99 Å². The van der Waals surface area contributed by atoms with Crippen molar-refractivity contribution in [3.8, 4) is 0 Å². The number of alkyl halides is 3. The standard InChI is InChI=1S/C22H28F3N3O2.HI/c1-3-26-21(27-12-17-4-8-19(9-5-17)14-29-2)28-13-18-6-10-20(11-7-18)15-30-16-22(23,24)25;/h4-11H,3,12-16H2,1-2H3,(H2,26,27,28);1H. The van der Waals surface area contributed by atoms with Gasteiger partial charge in [0.15, 0.2) is 5.96 Å². The van der Waals surface area contributed by atoms with Gasteiger partial charge in [0.2, 0.25) is 0 Å². The summed E-state index contributed by atoms with van der Waals surface area (Å²) in [4.78, 5) is 4.56. The molecule has 0 atom stereocenters. The lowest BCUT2D eigenvalue weighted by Gasteiger charge is -2.12. The van der Waals surface area contributed by atoms with Crippen LogP contribution >= 0.6 is 24.0 Å². The zero-order chi connectivity index (χ0) is 21.8. The van der Waals surface area contributed by atoms with E-state index in [9.17, 15) is 13.2 Å². The van der Waals surface area contributed by atoms with E-state index in [4.69, 9.17) is 4.74 Å². The third-order valence-corrected chi connectivity index (χ3v) is 4.12. The van der Waals surface area contributed by atoms with Crippen LogP contribution in [0.15, 0.2) is 53.5 Å². The monoisotopic (exact) mass is 551 g/mol. The van der Waals surface area contributed by atoms with Crippen LogP contribution in [0.3, 0.4) is 0 Å². The van der Waals surface area contributed by atoms with Crippen molar-refractivity contribution < 1.29 is 22.6 Å². The second-order valence-corrected chi connectivity index (χ2v) is 6.72. The van der Waals surface area contributed by atoms with Gasteiger partial charge in [-0.3, -0.25) is 0 Å². The first-order chi connectivity index (χ1) is 14.4. The average molecular weight is 551 g/mol. The van der Waals surface area contributed by atoms with E-state index in [2.05, 4.69) is 20.4 Å². The molecule has 0 saturated heterocycles. The Morgan fingerprint density at radius 2 is 1.42 bits per heavy atom. The van der Waals surface area contributed by atoms with Gasteiger partial charge in [-0.15, -0.1) is 24.0 Å². The second-order valence-electron chi connectivity index (χ2n) is 6.72. The molecule has 2 N–H and O–H groups in total. The molecule has 0 aromatic heterocycles. The van der Waals surface area contributed by atoms with Crippen LogP contribution in [0.25, 0.3) is 0 Å². The van der Waals surface area contributed by atoms with Gasteiger partial charge in [0.1, 0.15) is 6.61 Å². The zero-order valence-corrected chi connectivity index (χ0v) is 20.0. The zero-order valence-electron chi connectivity index (χ0n) is 17.7. The van der Waals surface area contributed by atoms with Crippen molar-refractivity contribution >= 4 is 29.9 Å². The fourth-order valence-electron chi connectivity index (χ4n) is 2.64. The molecule has 0 unspecified atom stereocenters. The summed E-state index contributed by atoms with van der Waals surface area (Å²) in [6.07, 6.45) is -4.31. The van der Waals surface area contributed by atoms with E-state index in [0.717, 1.165) is 23.2 Å². The molecule has 0 radical (unpaired) electrons. The molecule has 9 heteroatoms.